The summed E-state index contributed by atoms with van der Waals surface area (Å²) in [6.45, 7) is 7.99. The van der Waals surface area contributed by atoms with Crippen LogP contribution in [-0.2, 0) is 26.0 Å². The minimum atomic E-state index is -3.90. The standard InChI is InChI=1S/C23H31N3O6S/c1-5-31-21-12-7-18(15-22(21)32-6-2)13-14-24-23(28)16(3)26-33(29,30)20-10-8-19(9-11-20)25-17(4)27/h7-12,15-16,26H,5-6,13-14H2,1-4H3,(H,24,28)(H,25,27)/t16-/m0/s1. The Labute approximate surface area is 194 Å². The molecule has 0 spiro atoms. The van der Waals surface area contributed by atoms with E-state index in [9.17, 15) is 18.0 Å². The lowest BCUT2D eigenvalue weighted by molar-refractivity contribution is -0.122. The highest BCUT2D eigenvalue weighted by molar-refractivity contribution is 7.89. The predicted molar refractivity (Wildman–Crippen MR) is 126 cm³/mol. The predicted octanol–water partition coefficient (Wildman–Crippen LogP) is 2.47. The topological polar surface area (TPSA) is 123 Å². The van der Waals surface area contributed by atoms with Crippen LogP contribution in [0.1, 0.15) is 33.3 Å². The van der Waals surface area contributed by atoms with Crippen molar-refractivity contribution in [3.05, 3.63) is 48.0 Å². The normalized spacial score (nSPS) is 12.0. The summed E-state index contributed by atoms with van der Waals surface area (Å²) in [4.78, 5) is 23.5. The highest BCUT2D eigenvalue weighted by Gasteiger charge is 2.22. The van der Waals surface area contributed by atoms with Crippen LogP contribution in [0.3, 0.4) is 0 Å². The quantitative estimate of drug-likeness (QED) is 0.432. The highest BCUT2D eigenvalue weighted by atomic mass is 32.2. The number of sulfonamides is 1. The van der Waals surface area contributed by atoms with Crippen molar-refractivity contribution in [3.8, 4) is 11.5 Å². The van der Waals surface area contributed by atoms with Crippen LogP contribution < -0.4 is 24.8 Å². The molecule has 33 heavy (non-hydrogen) atoms. The molecule has 0 unspecified atom stereocenters. The van der Waals surface area contributed by atoms with Gasteiger partial charge in [-0.2, -0.15) is 4.72 Å². The summed E-state index contributed by atoms with van der Waals surface area (Å²) in [5.74, 6) is 0.617. The minimum Gasteiger partial charge on any atom is -0.490 e. The molecule has 0 radical (unpaired) electrons. The maximum atomic E-state index is 12.6. The van der Waals surface area contributed by atoms with Gasteiger partial charge in [0, 0.05) is 19.2 Å². The van der Waals surface area contributed by atoms with Crippen molar-refractivity contribution in [2.75, 3.05) is 25.1 Å². The van der Waals surface area contributed by atoms with E-state index in [4.69, 9.17) is 9.47 Å². The first-order chi connectivity index (χ1) is 15.7. The Morgan fingerprint density at radius 2 is 1.61 bits per heavy atom. The Bertz CT molecular complexity index is 1050. The van der Waals surface area contributed by atoms with Crippen molar-refractivity contribution < 1.29 is 27.5 Å². The average Bonchev–Trinajstić information content (AvgIpc) is 2.75. The van der Waals surface area contributed by atoms with Crippen LogP contribution in [0.2, 0.25) is 0 Å². The van der Waals surface area contributed by atoms with Gasteiger partial charge in [-0.1, -0.05) is 6.07 Å². The van der Waals surface area contributed by atoms with E-state index in [1.807, 2.05) is 32.0 Å². The van der Waals surface area contributed by atoms with Crippen molar-refractivity contribution in [1.29, 1.82) is 0 Å². The first-order valence-corrected chi connectivity index (χ1v) is 12.2. The molecule has 0 aliphatic carbocycles. The number of hydrogen-bond donors (Lipinski definition) is 3. The summed E-state index contributed by atoms with van der Waals surface area (Å²) in [5, 5.41) is 5.31. The maximum absolute atomic E-state index is 12.6. The van der Waals surface area contributed by atoms with E-state index < -0.39 is 22.0 Å². The Kier molecular flexibility index (Phi) is 9.68. The fraction of sp³-hybridized carbons (Fsp3) is 0.391. The van der Waals surface area contributed by atoms with Gasteiger partial charge in [-0.15, -0.1) is 0 Å². The lowest BCUT2D eigenvalue weighted by Crippen LogP contribution is -2.45. The Hall–Kier alpha value is -3.11. The lowest BCUT2D eigenvalue weighted by Gasteiger charge is -2.15. The molecule has 2 aromatic rings. The molecule has 2 rings (SSSR count). The SMILES string of the molecule is CCOc1ccc(CCNC(=O)[C@H](C)NS(=O)(=O)c2ccc(NC(C)=O)cc2)cc1OCC. The van der Waals surface area contributed by atoms with E-state index in [0.717, 1.165) is 5.56 Å². The molecule has 0 bridgehead atoms. The first kappa shape index (κ1) is 26.1. The molecule has 1 atom stereocenters. The molecule has 2 aromatic carbocycles. The summed E-state index contributed by atoms with van der Waals surface area (Å²) >= 11 is 0. The summed E-state index contributed by atoms with van der Waals surface area (Å²) in [5.41, 5.74) is 1.43. The third-order valence-corrected chi connectivity index (χ3v) is 6.09. The third-order valence-electron chi connectivity index (χ3n) is 4.53. The van der Waals surface area contributed by atoms with Crippen molar-refractivity contribution >= 4 is 27.5 Å². The van der Waals surface area contributed by atoms with Gasteiger partial charge in [-0.05, 0) is 69.2 Å². The van der Waals surface area contributed by atoms with Crippen molar-refractivity contribution in [2.45, 2.75) is 45.1 Å². The minimum absolute atomic E-state index is 0.00547. The molecule has 3 N–H and O–H groups in total. The van der Waals surface area contributed by atoms with Gasteiger partial charge in [0.1, 0.15) is 0 Å². The molecule has 0 aromatic heterocycles. The zero-order valence-electron chi connectivity index (χ0n) is 19.3. The van der Waals surface area contributed by atoms with Crippen LogP contribution in [0.4, 0.5) is 5.69 Å². The summed E-state index contributed by atoms with van der Waals surface area (Å²) in [6, 6.07) is 10.3. The van der Waals surface area contributed by atoms with Crippen LogP contribution in [0.15, 0.2) is 47.4 Å². The third kappa shape index (κ3) is 8.07. The van der Waals surface area contributed by atoms with E-state index in [1.165, 1.54) is 38.1 Å². The number of carbonyl (C=O) groups excluding carboxylic acids is 2. The van der Waals surface area contributed by atoms with Crippen LogP contribution in [0, 0.1) is 0 Å². The maximum Gasteiger partial charge on any atom is 0.241 e. The van der Waals surface area contributed by atoms with Gasteiger partial charge in [0.15, 0.2) is 11.5 Å². The average molecular weight is 478 g/mol. The van der Waals surface area contributed by atoms with Crippen molar-refractivity contribution in [2.24, 2.45) is 0 Å². The number of hydrogen-bond acceptors (Lipinski definition) is 6. The van der Waals surface area contributed by atoms with E-state index in [2.05, 4.69) is 15.4 Å². The lowest BCUT2D eigenvalue weighted by atomic mass is 10.1. The summed E-state index contributed by atoms with van der Waals surface area (Å²) < 4.78 is 38.6. The van der Waals surface area contributed by atoms with E-state index in [-0.39, 0.29) is 10.8 Å². The van der Waals surface area contributed by atoms with Gasteiger partial charge >= 0.3 is 0 Å². The zero-order valence-corrected chi connectivity index (χ0v) is 20.1. The molecule has 0 aliphatic heterocycles. The molecule has 0 fully saturated rings. The van der Waals surface area contributed by atoms with E-state index >= 15 is 0 Å². The second kappa shape index (κ2) is 12.2. The Balaban J connectivity index is 1.91. The molecule has 180 valence electrons. The molecule has 10 heteroatoms. The van der Waals surface area contributed by atoms with Crippen LogP contribution in [0.5, 0.6) is 11.5 Å². The van der Waals surface area contributed by atoms with Gasteiger partial charge in [-0.3, -0.25) is 9.59 Å². The number of benzene rings is 2. The van der Waals surface area contributed by atoms with Crippen LogP contribution in [0.25, 0.3) is 0 Å². The van der Waals surface area contributed by atoms with E-state index in [0.29, 0.717) is 43.4 Å². The molecule has 0 saturated heterocycles. The van der Waals surface area contributed by atoms with Gasteiger partial charge < -0.3 is 20.1 Å². The number of nitrogens with one attached hydrogen (secondary N) is 3. The van der Waals surface area contributed by atoms with Crippen LogP contribution in [-0.4, -0.2) is 46.0 Å². The molecule has 0 saturated carbocycles. The van der Waals surface area contributed by atoms with Crippen molar-refractivity contribution in [3.63, 3.8) is 0 Å². The van der Waals surface area contributed by atoms with Crippen molar-refractivity contribution in [1.82, 2.24) is 10.0 Å². The molecule has 9 nitrogen and oxygen atoms in total. The number of anilines is 1. The van der Waals surface area contributed by atoms with Gasteiger partial charge in [-0.25, -0.2) is 8.42 Å². The molecular weight excluding hydrogens is 446 g/mol. The second-order valence-electron chi connectivity index (χ2n) is 7.24. The molecule has 0 aliphatic rings. The Morgan fingerprint density at radius 3 is 2.21 bits per heavy atom. The number of ether oxygens (including phenoxy) is 2. The molecule has 2 amide bonds. The second-order valence-corrected chi connectivity index (χ2v) is 8.95. The van der Waals surface area contributed by atoms with E-state index in [1.54, 1.807) is 0 Å². The number of rotatable bonds is 12. The monoisotopic (exact) mass is 477 g/mol. The number of amides is 2. The molecule has 0 heterocycles. The smallest absolute Gasteiger partial charge is 0.241 e. The Morgan fingerprint density at radius 1 is 0.970 bits per heavy atom. The van der Waals surface area contributed by atoms with Gasteiger partial charge in [0.05, 0.1) is 24.2 Å². The zero-order chi connectivity index (χ0) is 24.4. The first-order valence-electron chi connectivity index (χ1n) is 10.7. The van der Waals surface area contributed by atoms with Gasteiger partial charge in [0.2, 0.25) is 21.8 Å². The summed E-state index contributed by atoms with van der Waals surface area (Å²) in [6.07, 6.45) is 0.544. The highest BCUT2D eigenvalue weighted by Crippen LogP contribution is 2.28. The van der Waals surface area contributed by atoms with Crippen LogP contribution >= 0.6 is 0 Å². The van der Waals surface area contributed by atoms with Gasteiger partial charge in [0.25, 0.3) is 0 Å². The summed E-state index contributed by atoms with van der Waals surface area (Å²) in [7, 11) is -3.90. The number of carbonyl (C=O) groups is 2. The fourth-order valence-corrected chi connectivity index (χ4v) is 4.21. The largest absolute Gasteiger partial charge is 0.490 e. The molecular formula is C23H31N3O6S. The fourth-order valence-electron chi connectivity index (χ4n) is 3.01.